The van der Waals surface area contributed by atoms with E-state index in [-0.39, 0.29) is 0 Å². The zero-order valence-electron chi connectivity index (χ0n) is 11.9. The van der Waals surface area contributed by atoms with Gasteiger partial charge in [0.25, 0.3) is 0 Å². The minimum atomic E-state index is 0.542. The van der Waals surface area contributed by atoms with Gasteiger partial charge in [0.1, 0.15) is 0 Å². The molecule has 1 N–H and O–H groups in total. The molecule has 0 aliphatic carbocycles. The summed E-state index contributed by atoms with van der Waals surface area (Å²) < 4.78 is 0. The lowest BCUT2D eigenvalue weighted by Crippen LogP contribution is -2.33. The number of para-hydroxylation sites is 1. The van der Waals surface area contributed by atoms with Gasteiger partial charge in [-0.3, -0.25) is 0 Å². The first-order chi connectivity index (χ1) is 10.2. The Balaban J connectivity index is 2.23. The molecule has 4 heteroatoms. The molecule has 0 amide bonds. The van der Waals surface area contributed by atoms with E-state index in [1.165, 1.54) is 0 Å². The van der Waals surface area contributed by atoms with Crippen molar-refractivity contribution in [3.05, 3.63) is 72.3 Å². The first kappa shape index (κ1) is 14.9. The SMILES string of the molecule is C=Cc1ccc(C=NN(C(=S)NC)c2ccccc2)cc1. The number of nitrogens with one attached hydrogen (secondary N) is 1. The average Bonchev–Trinajstić information content (AvgIpc) is 2.56. The molecule has 0 heterocycles. The minimum absolute atomic E-state index is 0.542. The van der Waals surface area contributed by atoms with E-state index in [0.717, 1.165) is 16.8 Å². The molecule has 0 fully saturated rings. The molecule has 0 saturated carbocycles. The lowest BCUT2D eigenvalue weighted by Gasteiger charge is -2.19. The van der Waals surface area contributed by atoms with Crippen molar-refractivity contribution in [1.29, 1.82) is 0 Å². The highest BCUT2D eigenvalue weighted by Gasteiger charge is 2.08. The molecule has 2 rings (SSSR count). The number of rotatable bonds is 4. The van der Waals surface area contributed by atoms with Crippen LogP contribution in [0.3, 0.4) is 0 Å². The third-order valence-corrected chi connectivity index (χ3v) is 3.28. The predicted octanol–water partition coefficient (Wildman–Crippen LogP) is 3.67. The van der Waals surface area contributed by atoms with E-state index in [1.807, 2.05) is 60.7 Å². The molecule has 0 aliphatic heterocycles. The molecule has 0 bridgehead atoms. The monoisotopic (exact) mass is 295 g/mol. The van der Waals surface area contributed by atoms with Crippen molar-refractivity contribution in [2.24, 2.45) is 5.10 Å². The van der Waals surface area contributed by atoms with E-state index in [9.17, 15) is 0 Å². The molecule has 2 aromatic carbocycles. The lowest BCUT2D eigenvalue weighted by atomic mass is 10.1. The molecule has 0 aliphatic rings. The summed E-state index contributed by atoms with van der Waals surface area (Å²) in [6.45, 7) is 3.74. The van der Waals surface area contributed by atoms with Gasteiger partial charge in [0, 0.05) is 7.05 Å². The van der Waals surface area contributed by atoms with Gasteiger partial charge in [0.15, 0.2) is 5.11 Å². The summed E-state index contributed by atoms with van der Waals surface area (Å²) in [6, 6.07) is 17.8. The number of thiocarbonyl (C=S) groups is 1. The fourth-order valence-electron chi connectivity index (χ4n) is 1.75. The Morgan fingerprint density at radius 3 is 2.29 bits per heavy atom. The van der Waals surface area contributed by atoms with Gasteiger partial charge in [0.05, 0.1) is 11.9 Å². The number of benzene rings is 2. The van der Waals surface area contributed by atoms with E-state index in [1.54, 1.807) is 18.3 Å². The molecule has 0 unspecified atom stereocenters. The Labute approximate surface area is 130 Å². The Kier molecular flexibility index (Phi) is 5.23. The van der Waals surface area contributed by atoms with Crippen molar-refractivity contribution < 1.29 is 0 Å². The van der Waals surface area contributed by atoms with Crippen molar-refractivity contribution >= 4 is 35.3 Å². The number of hydrazone groups is 1. The molecule has 0 aromatic heterocycles. The quantitative estimate of drug-likeness (QED) is 0.530. The van der Waals surface area contributed by atoms with Crippen LogP contribution in [0.4, 0.5) is 5.69 Å². The Morgan fingerprint density at radius 2 is 1.71 bits per heavy atom. The van der Waals surface area contributed by atoms with Gasteiger partial charge >= 0.3 is 0 Å². The molecular formula is C17H17N3S. The fraction of sp³-hybridized carbons (Fsp3) is 0.0588. The van der Waals surface area contributed by atoms with Crippen LogP contribution in [0.1, 0.15) is 11.1 Å². The highest BCUT2D eigenvalue weighted by molar-refractivity contribution is 7.80. The summed E-state index contributed by atoms with van der Waals surface area (Å²) >= 11 is 5.30. The second kappa shape index (κ2) is 7.36. The molecule has 3 nitrogen and oxygen atoms in total. The van der Waals surface area contributed by atoms with E-state index < -0.39 is 0 Å². The van der Waals surface area contributed by atoms with Crippen molar-refractivity contribution in [1.82, 2.24) is 5.32 Å². The van der Waals surface area contributed by atoms with Crippen molar-refractivity contribution in [3.63, 3.8) is 0 Å². The van der Waals surface area contributed by atoms with E-state index >= 15 is 0 Å². The maximum absolute atomic E-state index is 5.30. The van der Waals surface area contributed by atoms with E-state index in [0.29, 0.717) is 5.11 Å². The first-order valence-corrected chi connectivity index (χ1v) is 6.99. The molecule has 21 heavy (non-hydrogen) atoms. The molecule has 0 spiro atoms. The van der Waals surface area contributed by atoms with Gasteiger partial charge in [-0.2, -0.15) is 5.10 Å². The topological polar surface area (TPSA) is 27.6 Å². The Bertz CT molecular complexity index is 633. The van der Waals surface area contributed by atoms with Crippen LogP contribution < -0.4 is 10.3 Å². The molecule has 0 saturated heterocycles. The summed E-state index contributed by atoms with van der Waals surface area (Å²) in [4.78, 5) is 0. The maximum atomic E-state index is 5.30. The lowest BCUT2D eigenvalue weighted by molar-refractivity contribution is 1.06. The first-order valence-electron chi connectivity index (χ1n) is 6.58. The van der Waals surface area contributed by atoms with Gasteiger partial charge in [-0.15, -0.1) is 0 Å². The summed E-state index contributed by atoms with van der Waals surface area (Å²) in [5.41, 5.74) is 2.99. The molecule has 106 valence electrons. The molecule has 0 atom stereocenters. The second-order valence-corrected chi connectivity index (χ2v) is 4.70. The fourth-order valence-corrected chi connectivity index (χ4v) is 1.91. The zero-order chi connectivity index (χ0) is 15.1. The smallest absolute Gasteiger partial charge is 0.194 e. The summed E-state index contributed by atoms with van der Waals surface area (Å²) in [7, 11) is 1.78. The van der Waals surface area contributed by atoms with Crippen molar-refractivity contribution in [2.45, 2.75) is 0 Å². The van der Waals surface area contributed by atoms with Crippen LogP contribution in [0.15, 0.2) is 66.3 Å². The standard InChI is InChI=1S/C17H17N3S/c1-3-14-9-11-15(12-10-14)13-19-20(17(21)18-2)16-7-5-4-6-8-16/h3-13H,1H2,2H3,(H,18,21). The van der Waals surface area contributed by atoms with Gasteiger partial charge in [0.2, 0.25) is 0 Å². The zero-order valence-corrected chi connectivity index (χ0v) is 12.7. The number of anilines is 1. The Hall–Kier alpha value is -2.46. The second-order valence-electron chi connectivity index (χ2n) is 4.32. The molecular weight excluding hydrogens is 278 g/mol. The van der Waals surface area contributed by atoms with Gasteiger partial charge < -0.3 is 5.32 Å². The van der Waals surface area contributed by atoms with Crippen LogP contribution >= 0.6 is 12.2 Å². The van der Waals surface area contributed by atoms with Crippen molar-refractivity contribution in [2.75, 3.05) is 12.1 Å². The van der Waals surface area contributed by atoms with Gasteiger partial charge in [-0.25, -0.2) is 5.01 Å². The number of hydrogen-bond donors (Lipinski definition) is 1. The third kappa shape index (κ3) is 4.00. The molecule has 2 aromatic rings. The van der Waals surface area contributed by atoms with Gasteiger partial charge in [-0.05, 0) is 35.5 Å². The maximum Gasteiger partial charge on any atom is 0.194 e. The summed E-state index contributed by atoms with van der Waals surface area (Å²) in [5, 5.41) is 9.65. The van der Waals surface area contributed by atoms with Gasteiger partial charge in [-0.1, -0.05) is 55.1 Å². The highest BCUT2D eigenvalue weighted by atomic mass is 32.1. The summed E-state index contributed by atoms with van der Waals surface area (Å²) in [5.74, 6) is 0. The largest absolute Gasteiger partial charge is 0.364 e. The van der Waals surface area contributed by atoms with Crippen LogP contribution in [-0.2, 0) is 0 Å². The number of nitrogens with zero attached hydrogens (tertiary/aromatic N) is 2. The van der Waals surface area contributed by atoms with Crippen LogP contribution in [0.25, 0.3) is 6.08 Å². The van der Waals surface area contributed by atoms with Crippen LogP contribution in [0, 0.1) is 0 Å². The van der Waals surface area contributed by atoms with Crippen molar-refractivity contribution in [3.8, 4) is 0 Å². The highest BCUT2D eigenvalue weighted by Crippen LogP contribution is 2.14. The average molecular weight is 295 g/mol. The predicted molar refractivity (Wildman–Crippen MR) is 94.7 cm³/mol. The Morgan fingerprint density at radius 1 is 1.10 bits per heavy atom. The van der Waals surface area contributed by atoms with Crippen LogP contribution in [0.2, 0.25) is 0 Å². The van der Waals surface area contributed by atoms with Crippen LogP contribution in [0.5, 0.6) is 0 Å². The minimum Gasteiger partial charge on any atom is -0.364 e. The third-order valence-electron chi connectivity index (χ3n) is 2.90. The summed E-state index contributed by atoms with van der Waals surface area (Å²) in [6.07, 6.45) is 3.59. The normalized spacial score (nSPS) is 10.3. The van der Waals surface area contributed by atoms with E-state index in [4.69, 9.17) is 12.2 Å². The van der Waals surface area contributed by atoms with Crippen LogP contribution in [-0.4, -0.2) is 18.4 Å². The number of hydrogen-bond acceptors (Lipinski definition) is 2. The van der Waals surface area contributed by atoms with E-state index in [2.05, 4.69) is 17.0 Å². The molecule has 0 radical (unpaired) electrons.